The third-order valence-electron chi connectivity index (χ3n) is 11.5. The lowest BCUT2D eigenvalue weighted by molar-refractivity contribution is -0.141. The minimum atomic E-state index is -3.91. The Morgan fingerprint density at radius 2 is 1.78 bits per heavy atom. The Balaban J connectivity index is 1.15. The normalized spacial score (nSPS) is 25.9. The molecular formula is C44H51N5O9S. The molecular weight excluding hydrogens is 775 g/mol. The molecule has 15 heteroatoms. The van der Waals surface area contributed by atoms with Gasteiger partial charge in [-0.05, 0) is 78.4 Å². The number of hydrogen-bond donors (Lipinski definition) is 3. The lowest BCUT2D eigenvalue weighted by atomic mass is 10.0. The fraction of sp³-hybridized carbons (Fsp3) is 0.477. The predicted molar refractivity (Wildman–Crippen MR) is 221 cm³/mol. The summed E-state index contributed by atoms with van der Waals surface area (Å²) in [6.07, 6.45) is 6.63. The van der Waals surface area contributed by atoms with Crippen molar-refractivity contribution in [1.29, 1.82) is 0 Å². The molecule has 3 fully saturated rings. The number of alkyl carbamates (subject to hydrolysis) is 1. The van der Waals surface area contributed by atoms with Crippen LogP contribution in [0.3, 0.4) is 0 Å². The van der Waals surface area contributed by atoms with Crippen molar-refractivity contribution in [2.75, 3.05) is 6.54 Å². The Bertz CT molecular complexity index is 2440. The molecule has 4 amide bonds. The van der Waals surface area contributed by atoms with E-state index in [0.717, 1.165) is 29.4 Å². The number of pyridine rings is 1. The molecule has 2 aromatic heterocycles. The summed E-state index contributed by atoms with van der Waals surface area (Å²) in [5, 5.41) is 5.84. The molecule has 2 aliphatic heterocycles. The summed E-state index contributed by atoms with van der Waals surface area (Å²) in [6.45, 7) is 7.17. The van der Waals surface area contributed by atoms with Crippen LogP contribution < -0.4 is 20.1 Å². The standard InChI is InChI=1S/C44H51N5O9S/c1-26-16-18-27(19-17-26)33-23-36(38-37(45-33)31-13-10-11-15-35(31)57-38)56-29-22-34-39(50)47-44(41(52)48-59(54,55)30-20-21-30)24-28(44)12-8-6-5-7-9-14-32(40(51)49(34)25-29)46-42(53)58-43(2,3)4/h8,10-13,15-19,23,28-30,32,34H,5-7,9,14,20-22,24-25H2,1-4H3,(H,46,53)(H,47,50)(H,48,52)/b12-8-/t28-,29-,32+,34+,44-/m1/s1. The van der Waals surface area contributed by atoms with Crippen LogP contribution in [-0.2, 0) is 29.1 Å². The Morgan fingerprint density at radius 1 is 1.02 bits per heavy atom. The van der Waals surface area contributed by atoms with Crippen LogP contribution in [0.4, 0.5) is 4.79 Å². The van der Waals surface area contributed by atoms with E-state index in [2.05, 4.69) is 15.4 Å². The maximum Gasteiger partial charge on any atom is 0.408 e. The van der Waals surface area contributed by atoms with E-state index in [4.69, 9.17) is 18.9 Å². The number of allylic oxidation sites excluding steroid dienone is 1. The maximum absolute atomic E-state index is 14.7. The first-order chi connectivity index (χ1) is 28.1. The van der Waals surface area contributed by atoms with Gasteiger partial charge in [-0.2, -0.15) is 0 Å². The highest BCUT2D eigenvalue weighted by molar-refractivity contribution is 7.91. The van der Waals surface area contributed by atoms with Crippen LogP contribution in [0, 0.1) is 12.8 Å². The van der Waals surface area contributed by atoms with Crippen molar-refractivity contribution in [2.45, 2.75) is 120 Å². The Labute approximate surface area is 343 Å². The minimum Gasteiger partial charge on any atom is -0.484 e. The molecule has 0 spiro atoms. The Morgan fingerprint density at radius 3 is 2.53 bits per heavy atom. The second-order valence-corrected chi connectivity index (χ2v) is 19.3. The molecule has 2 aliphatic carbocycles. The average Bonchev–Trinajstić information content (AvgIpc) is 4.08. The van der Waals surface area contributed by atoms with Gasteiger partial charge in [-0.1, -0.05) is 67.0 Å². The zero-order valence-electron chi connectivity index (χ0n) is 33.8. The SMILES string of the molecule is Cc1ccc(-c2cc(O[C@@H]3C[C@H]4C(=O)N[C@]5(C(=O)NS(=O)(=O)C6CC6)C[C@H]5/C=C\CCCCC[C@H](NC(=O)OC(C)(C)C)C(=O)N4C3)c3oc4ccccc4c3n2)cc1. The van der Waals surface area contributed by atoms with Crippen molar-refractivity contribution in [1.82, 2.24) is 25.2 Å². The molecule has 0 unspecified atom stereocenters. The first-order valence-electron chi connectivity index (χ1n) is 20.5. The van der Waals surface area contributed by atoms with E-state index in [1.54, 1.807) is 26.8 Å². The topological polar surface area (TPSA) is 186 Å². The number of carbonyl (C=O) groups excluding carboxylic acids is 4. The van der Waals surface area contributed by atoms with Gasteiger partial charge in [0.2, 0.25) is 21.8 Å². The molecule has 8 rings (SSSR count). The largest absolute Gasteiger partial charge is 0.484 e. The number of benzene rings is 2. The van der Waals surface area contributed by atoms with Gasteiger partial charge in [-0.25, -0.2) is 18.2 Å². The molecule has 0 radical (unpaired) electrons. The van der Waals surface area contributed by atoms with Gasteiger partial charge in [-0.15, -0.1) is 0 Å². The fourth-order valence-electron chi connectivity index (χ4n) is 8.09. The number of furan rings is 1. The Kier molecular flexibility index (Phi) is 10.7. The van der Waals surface area contributed by atoms with Crippen molar-refractivity contribution < 1.29 is 41.5 Å². The first kappa shape index (κ1) is 40.3. The van der Waals surface area contributed by atoms with Gasteiger partial charge >= 0.3 is 6.09 Å². The highest BCUT2D eigenvalue weighted by Gasteiger charge is 2.62. The van der Waals surface area contributed by atoms with E-state index in [-0.39, 0.29) is 19.4 Å². The molecule has 0 bridgehead atoms. The third kappa shape index (κ3) is 8.66. The van der Waals surface area contributed by atoms with Crippen molar-refractivity contribution in [2.24, 2.45) is 5.92 Å². The number of carbonyl (C=O) groups is 4. The summed E-state index contributed by atoms with van der Waals surface area (Å²) in [6, 6.07) is 15.1. The number of fused-ring (bicyclic) bond motifs is 5. The van der Waals surface area contributed by atoms with E-state index in [1.165, 1.54) is 4.90 Å². The second-order valence-electron chi connectivity index (χ2n) is 17.3. The lowest BCUT2D eigenvalue weighted by Crippen LogP contribution is -2.58. The number of rotatable bonds is 7. The molecule has 4 heterocycles. The van der Waals surface area contributed by atoms with Crippen LogP contribution in [0.2, 0.25) is 0 Å². The Hall–Kier alpha value is -5.44. The quantitative estimate of drug-likeness (QED) is 0.181. The molecule has 4 aromatic rings. The average molecular weight is 826 g/mol. The highest BCUT2D eigenvalue weighted by Crippen LogP contribution is 2.46. The van der Waals surface area contributed by atoms with E-state index >= 15 is 0 Å². The van der Waals surface area contributed by atoms with E-state index < -0.39 is 74.3 Å². The summed E-state index contributed by atoms with van der Waals surface area (Å²) < 4.78 is 46.7. The third-order valence-corrected chi connectivity index (χ3v) is 13.3. The van der Waals surface area contributed by atoms with Crippen LogP contribution in [0.1, 0.15) is 84.1 Å². The van der Waals surface area contributed by atoms with E-state index in [0.29, 0.717) is 60.2 Å². The lowest BCUT2D eigenvalue weighted by Gasteiger charge is -2.30. The number of hydrogen-bond acceptors (Lipinski definition) is 10. The predicted octanol–water partition coefficient (Wildman–Crippen LogP) is 6.20. The second kappa shape index (κ2) is 15.6. The van der Waals surface area contributed by atoms with Gasteiger partial charge in [0.1, 0.15) is 40.4 Å². The molecule has 14 nitrogen and oxygen atoms in total. The van der Waals surface area contributed by atoms with Gasteiger partial charge < -0.3 is 29.4 Å². The van der Waals surface area contributed by atoms with Crippen LogP contribution in [0.25, 0.3) is 33.3 Å². The highest BCUT2D eigenvalue weighted by atomic mass is 32.2. The number of nitrogens with one attached hydrogen (secondary N) is 3. The van der Waals surface area contributed by atoms with Crippen LogP contribution >= 0.6 is 0 Å². The summed E-state index contributed by atoms with van der Waals surface area (Å²) in [4.78, 5) is 62.6. The van der Waals surface area contributed by atoms with Crippen molar-refractivity contribution in [3.63, 3.8) is 0 Å². The number of aryl methyl sites for hydroxylation is 1. The van der Waals surface area contributed by atoms with E-state index in [9.17, 15) is 27.6 Å². The molecule has 59 heavy (non-hydrogen) atoms. The van der Waals surface area contributed by atoms with Crippen LogP contribution in [0.5, 0.6) is 5.75 Å². The van der Waals surface area contributed by atoms with Gasteiger partial charge in [0.15, 0.2) is 11.3 Å². The van der Waals surface area contributed by atoms with E-state index in [1.807, 2.05) is 67.6 Å². The van der Waals surface area contributed by atoms with Gasteiger partial charge in [0, 0.05) is 29.4 Å². The summed E-state index contributed by atoms with van der Waals surface area (Å²) in [5.41, 5.74) is 1.88. The summed E-state index contributed by atoms with van der Waals surface area (Å²) in [5.74, 6) is -1.99. The smallest absolute Gasteiger partial charge is 0.408 e. The molecule has 5 atom stereocenters. The van der Waals surface area contributed by atoms with Gasteiger partial charge in [0.05, 0.1) is 17.5 Å². The zero-order chi connectivity index (χ0) is 41.7. The fourth-order valence-corrected chi connectivity index (χ4v) is 9.45. The van der Waals surface area contributed by atoms with Crippen LogP contribution in [0.15, 0.2) is 71.2 Å². The number of para-hydroxylation sites is 1. The van der Waals surface area contributed by atoms with Gasteiger partial charge in [0.25, 0.3) is 5.91 Å². The number of nitrogens with zero attached hydrogens (tertiary/aromatic N) is 2. The number of sulfonamides is 1. The number of amides is 4. The molecule has 3 N–H and O–H groups in total. The molecule has 312 valence electrons. The summed E-state index contributed by atoms with van der Waals surface area (Å²) in [7, 11) is -3.91. The maximum atomic E-state index is 14.7. The van der Waals surface area contributed by atoms with Crippen LogP contribution in [-0.4, -0.2) is 83.2 Å². The monoisotopic (exact) mass is 825 g/mol. The van der Waals surface area contributed by atoms with Crippen molar-refractivity contribution >= 4 is 55.9 Å². The minimum absolute atomic E-state index is 0.0270. The molecule has 4 aliphatic rings. The zero-order valence-corrected chi connectivity index (χ0v) is 34.6. The first-order valence-corrected chi connectivity index (χ1v) is 22.1. The number of aromatic nitrogens is 1. The molecule has 1 saturated heterocycles. The number of ether oxygens (including phenoxy) is 2. The van der Waals surface area contributed by atoms with Crippen molar-refractivity contribution in [3.05, 3.63) is 72.3 Å². The molecule has 2 aromatic carbocycles. The molecule has 2 saturated carbocycles. The van der Waals surface area contributed by atoms with Crippen molar-refractivity contribution in [3.8, 4) is 17.0 Å². The van der Waals surface area contributed by atoms with Gasteiger partial charge in [-0.3, -0.25) is 19.1 Å². The summed E-state index contributed by atoms with van der Waals surface area (Å²) >= 11 is 0.